The van der Waals surface area contributed by atoms with Crippen molar-refractivity contribution in [2.75, 3.05) is 7.05 Å². The fraction of sp³-hybridized carbons (Fsp3) is 0.308. The monoisotopic (exact) mass is 235 g/mol. The van der Waals surface area contributed by atoms with E-state index in [0.29, 0.717) is 11.8 Å². The molecular formula is C13H14FNO2. The molecule has 4 heteroatoms. The molecule has 1 atom stereocenters. The fourth-order valence-electron chi connectivity index (χ4n) is 1.90. The SMILES string of the molecule is CCC(NC)C(=O)c1ccc2ccoc2c1F. The van der Waals surface area contributed by atoms with Crippen LogP contribution in [0.4, 0.5) is 4.39 Å². The number of hydrogen-bond acceptors (Lipinski definition) is 3. The number of carbonyl (C=O) groups is 1. The zero-order chi connectivity index (χ0) is 12.4. The molecule has 0 aliphatic rings. The summed E-state index contributed by atoms with van der Waals surface area (Å²) in [4.78, 5) is 12.0. The minimum atomic E-state index is -0.578. The van der Waals surface area contributed by atoms with E-state index in [9.17, 15) is 9.18 Å². The lowest BCUT2D eigenvalue weighted by Gasteiger charge is -2.12. The molecule has 2 rings (SSSR count). The summed E-state index contributed by atoms with van der Waals surface area (Å²) in [5.74, 6) is -0.822. The van der Waals surface area contributed by atoms with E-state index in [1.807, 2.05) is 6.92 Å². The Labute approximate surface area is 98.6 Å². The van der Waals surface area contributed by atoms with Crippen molar-refractivity contribution in [2.45, 2.75) is 19.4 Å². The van der Waals surface area contributed by atoms with E-state index in [1.54, 1.807) is 19.2 Å². The first-order chi connectivity index (χ1) is 8.19. The van der Waals surface area contributed by atoms with Crippen molar-refractivity contribution in [3.63, 3.8) is 0 Å². The van der Waals surface area contributed by atoms with Gasteiger partial charge in [-0.1, -0.05) is 13.0 Å². The molecule has 1 N–H and O–H groups in total. The molecule has 1 aromatic heterocycles. The molecule has 90 valence electrons. The lowest BCUT2D eigenvalue weighted by Crippen LogP contribution is -2.33. The van der Waals surface area contributed by atoms with Crippen LogP contribution in [0.5, 0.6) is 0 Å². The standard InChI is InChI=1S/C13H14FNO2/c1-3-10(15-2)12(16)9-5-4-8-6-7-17-13(8)11(9)14/h4-7,10,15H,3H2,1-2H3. The molecule has 0 spiro atoms. The van der Waals surface area contributed by atoms with Gasteiger partial charge in [0.15, 0.2) is 17.2 Å². The molecular weight excluding hydrogens is 221 g/mol. The number of ketones is 1. The van der Waals surface area contributed by atoms with Crippen molar-refractivity contribution in [2.24, 2.45) is 0 Å². The van der Waals surface area contributed by atoms with Crippen molar-refractivity contribution in [3.05, 3.63) is 35.8 Å². The Balaban J connectivity index is 2.48. The Bertz CT molecular complexity index is 543. The molecule has 0 amide bonds. The number of carbonyl (C=O) groups excluding carboxylic acids is 1. The van der Waals surface area contributed by atoms with Crippen LogP contribution in [0.15, 0.2) is 28.9 Å². The molecule has 2 aromatic rings. The number of Topliss-reactive ketones (excluding diaryl/α,β-unsaturated/α-hetero) is 1. The highest BCUT2D eigenvalue weighted by atomic mass is 19.1. The van der Waals surface area contributed by atoms with Gasteiger partial charge in [0.1, 0.15) is 0 Å². The van der Waals surface area contributed by atoms with E-state index in [0.717, 1.165) is 0 Å². The molecule has 0 fully saturated rings. The predicted octanol–water partition coefficient (Wildman–Crippen LogP) is 2.75. The van der Waals surface area contributed by atoms with Gasteiger partial charge in [0, 0.05) is 5.39 Å². The second kappa shape index (κ2) is 4.67. The number of rotatable bonds is 4. The second-order valence-electron chi connectivity index (χ2n) is 3.88. The highest BCUT2D eigenvalue weighted by molar-refractivity contribution is 6.02. The van der Waals surface area contributed by atoms with Gasteiger partial charge in [0.25, 0.3) is 0 Å². The van der Waals surface area contributed by atoms with Gasteiger partial charge < -0.3 is 9.73 Å². The summed E-state index contributed by atoms with van der Waals surface area (Å²) >= 11 is 0. The first-order valence-corrected chi connectivity index (χ1v) is 5.56. The second-order valence-corrected chi connectivity index (χ2v) is 3.88. The Hall–Kier alpha value is -1.68. The molecule has 0 bridgehead atoms. The number of likely N-dealkylation sites (N-methyl/N-ethyl adjacent to an activating group) is 1. The number of furan rings is 1. The Morgan fingerprint density at radius 3 is 2.88 bits per heavy atom. The molecule has 0 saturated carbocycles. The summed E-state index contributed by atoms with van der Waals surface area (Å²) in [6.07, 6.45) is 2.03. The molecule has 17 heavy (non-hydrogen) atoms. The summed E-state index contributed by atoms with van der Waals surface area (Å²) in [7, 11) is 1.69. The number of fused-ring (bicyclic) bond motifs is 1. The zero-order valence-corrected chi connectivity index (χ0v) is 9.79. The number of hydrogen-bond donors (Lipinski definition) is 1. The number of halogens is 1. The van der Waals surface area contributed by atoms with E-state index < -0.39 is 5.82 Å². The maximum Gasteiger partial charge on any atom is 0.182 e. The average molecular weight is 235 g/mol. The van der Waals surface area contributed by atoms with Crippen molar-refractivity contribution < 1.29 is 13.6 Å². The lowest BCUT2D eigenvalue weighted by atomic mass is 10.0. The fourth-order valence-corrected chi connectivity index (χ4v) is 1.90. The van der Waals surface area contributed by atoms with E-state index in [4.69, 9.17) is 4.42 Å². The number of benzene rings is 1. The van der Waals surface area contributed by atoms with Gasteiger partial charge in [0.05, 0.1) is 17.9 Å². The third-order valence-electron chi connectivity index (χ3n) is 2.90. The first-order valence-electron chi connectivity index (χ1n) is 5.56. The van der Waals surface area contributed by atoms with Crippen LogP contribution in [0, 0.1) is 5.82 Å². The van der Waals surface area contributed by atoms with Crippen molar-refractivity contribution in [1.82, 2.24) is 5.32 Å². The minimum absolute atomic E-state index is 0.0775. The third kappa shape index (κ3) is 1.96. The smallest absolute Gasteiger partial charge is 0.182 e. The molecule has 0 aliphatic heterocycles. The van der Waals surface area contributed by atoms with Crippen LogP contribution in [-0.4, -0.2) is 18.9 Å². The predicted molar refractivity (Wildman–Crippen MR) is 63.6 cm³/mol. The highest BCUT2D eigenvalue weighted by Gasteiger charge is 2.21. The van der Waals surface area contributed by atoms with Gasteiger partial charge in [-0.3, -0.25) is 4.79 Å². The Kier molecular flexibility index (Phi) is 3.24. The minimum Gasteiger partial charge on any atom is -0.461 e. The van der Waals surface area contributed by atoms with Gasteiger partial charge in [-0.25, -0.2) is 4.39 Å². The van der Waals surface area contributed by atoms with Crippen LogP contribution in [0.2, 0.25) is 0 Å². The van der Waals surface area contributed by atoms with Gasteiger partial charge >= 0.3 is 0 Å². The molecule has 0 radical (unpaired) electrons. The largest absolute Gasteiger partial charge is 0.461 e. The molecule has 3 nitrogen and oxygen atoms in total. The average Bonchev–Trinajstić information content (AvgIpc) is 2.80. The Morgan fingerprint density at radius 2 is 2.24 bits per heavy atom. The molecule has 1 heterocycles. The lowest BCUT2D eigenvalue weighted by molar-refractivity contribution is 0.0941. The third-order valence-corrected chi connectivity index (χ3v) is 2.90. The van der Waals surface area contributed by atoms with Crippen LogP contribution in [0.1, 0.15) is 23.7 Å². The summed E-state index contributed by atoms with van der Waals surface area (Å²) < 4.78 is 19.1. The van der Waals surface area contributed by atoms with Gasteiger partial charge in [-0.2, -0.15) is 0 Å². The normalized spacial score (nSPS) is 12.9. The maximum absolute atomic E-state index is 14.0. The van der Waals surface area contributed by atoms with E-state index >= 15 is 0 Å². The van der Waals surface area contributed by atoms with Crippen LogP contribution in [-0.2, 0) is 0 Å². The molecule has 0 aliphatic carbocycles. The quantitative estimate of drug-likeness (QED) is 0.828. The summed E-state index contributed by atoms with van der Waals surface area (Å²) in [5.41, 5.74) is 0.218. The highest BCUT2D eigenvalue weighted by Crippen LogP contribution is 2.23. The van der Waals surface area contributed by atoms with Crippen molar-refractivity contribution >= 4 is 16.8 Å². The Morgan fingerprint density at radius 1 is 1.47 bits per heavy atom. The topological polar surface area (TPSA) is 42.2 Å². The summed E-state index contributed by atoms with van der Waals surface area (Å²) in [6, 6.07) is 4.51. The molecule has 1 aromatic carbocycles. The summed E-state index contributed by atoms with van der Waals surface area (Å²) in [6.45, 7) is 1.88. The van der Waals surface area contributed by atoms with Gasteiger partial charge in [-0.05, 0) is 25.6 Å². The summed E-state index contributed by atoms with van der Waals surface area (Å²) in [5, 5.41) is 3.54. The van der Waals surface area contributed by atoms with E-state index in [2.05, 4.69) is 5.32 Å². The van der Waals surface area contributed by atoms with Crippen LogP contribution < -0.4 is 5.32 Å². The van der Waals surface area contributed by atoms with E-state index in [-0.39, 0.29) is 23.0 Å². The maximum atomic E-state index is 14.0. The number of nitrogens with one attached hydrogen (secondary N) is 1. The molecule has 1 unspecified atom stereocenters. The van der Waals surface area contributed by atoms with Crippen molar-refractivity contribution in [1.29, 1.82) is 0 Å². The zero-order valence-electron chi connectivity index (χ0n) is 9.79. The van der Waals surface area contributed by atoms with Gasteiger partial charge in [0.2, 0.25) is 0 Å². The first kappa shape index (κ1) is 11.8. The van der Waals surface area contributed by atoms with Crippen LogP contribution >= 0.6 is 0 Å². The van der Waals surface area contributed by atoms with Crippen LogP contribution in [0.3, 0.4) is 0 Å². The van der Waals surface area contributed by atoms with E-state index in [1.165, 1.54) is 12.3 Å². The van der Waals surface area contributed by atoms with Crippen LogP contribution in [0.25, 0.3) is 11.0 Å². The molecule has 0 saturated heterocycles. The van der Waals surface area contributed by atoms with Gasteiger partial charge in [-0.15, -0.1) is 0 Å². The van der Waals surface area contributed by atoms with Crippen molar-refractivity contribution in [3.8, 4) is 0 Å².